The van der Waals surface area contributed by atoms with E-state index in [2.05, 4.69) is 65.8 Å². The van der Waals surface area contributed by atoms with Crippen molar-refractivity contribution in [3.8, 4) is 0 Å². The van der Waals surface area contributed by atoms with Crippen LogP contribution >= 0.6 is 68.4 Å². The molecule has 0 aromatic carbocycles. The number of hydrogen-bond acceptors (Lipinski definition) is 6. The molecule has 0 atom stereocenters. The molecule has 0 saturated carbocycles. The average molecular weight is 567 g/mol. The predicted octanol–water partition coefficient (Wildman–Crippen LogP) is 3.93. The first kappa shape index (κ1) is 19.6. The van der Waals surface area contributed by atoms with Gasteiger partial charge in [-0.2, -0.15) is 0 Å². The molecule has 22 heavy (non-hydrogen) atoms. The van der Waals surface area contributed by atoms with E-state index in [0.717, 1.165) is 13.1 Å². The van der Waals surface area contributed by atoms with Gasteiger partial charge in [0.25, 0.3) is 0 Å². The van der Waals surface area contributed by atoms with E-state index in [0.29, 0.717) is 27.4 Å². The van der Waals surface area contributed by atoms with Gasteiger partial charge in [-0.25, -0.2) is 9.97 Å². The Hall–Kier alpha value is -0.460. The number of rotatable bonds is 2. The lowest BCUT2D eigenvalue weighted by molar-refractivity contribution is 1.25. The van der Waals surface area contributed by atoms with Gasteiger partial charge in [-0.3, -0.25) is 0 Å². The zero-order valence-corrected chi connectivity index (χ0v) is 17.5. The van der Waals surface area contributed by atoms with Crippen LogP contribution in [-0.4, -0.2) is 24.1 Å². The number of nitrogens with zero attached hydrogens (tertiary/aromatic N) is 2. The fourth-order valence-electron chi connectivity index (χ4n) is 1.39. The van der Waals surface area contributed by atoms with Gasteiger partial charge in [0.05, 0.1) is 22.1 Å². The summed E-state index contributed by atoms with van der Waals surface area (Å²) in [6.45, 7) is 0. The highest BCUT2D eigenvalue weighted by molar-refractivity contribution is 14.1. The van der Waals surface area contributed by atoms with Gasteiger partial charge in [0.1, 0.15) is 7.40 Å². The third-order valence-electron chi connectivity index (χ3n) is 2.46. The minimum atomic E-state index is 0.348. The van der Waals surface area contributed by atoms with E-state index in [1.165, 1.54) is 0 Å². The molecule has 0 saturated heterocycles. The first-order valence-corrected chi connectivity index (χ1v) is 8.80. The molecule has 2 aromatic heterocycles. The SMILES string of the molecule is CNc1cc(I)nc(Cl)c1N.CNc1nc(I)cc(Cl)c1N. The lowest BCUT2D eigenvalue weighted by Crippen LogP contribution is -2.00. The Morgan fingerprint density at radius 1 is 0.955 bits per heavy atom. The Morgan fingerprint density at radius 3 is 2.09 bits per heavy atom. The molecule has 6 N–H and O–H groups in total. The number of anilines is 4. The van der Waals surface area contributed by atoms with Crippen molar-refractivity contribution in [3.05, 3.63) is 29.7 Å². The number of nitrogens with two attached hydrogens (primary N) is 2. The van der Waals surface area contributed by atoms with Crippen LogP contribution in [0.3, 0.4) is 0 Å². The quantitative estimate of drug-likeness (QED) is 0.325. The molecule has 10 heteroatoms. The van der Waals surface area contributed by atoms with Crippen LogP contribution < -0.4 is 22.1 Å². The standard InChI is InChI=1S/2C6H7ClIN3/c1-10-3-2-4(8)11-6(7)5(3)9;1-10-6-5(9)3(7)2-4(8)11-6/h2*2H,9H2,1H3,(H,10,11). The summed E-state index contributed by atoms with van der Waals surface area (Å²) in [7, 11) is 3.54. The summed E-state index contributed by atoms with van der Waals surface area (Å²) in [5, 5.41) is 6.66. The lowest BCUT2D eigenvalue weighted by atomic mass is 10.3. The number of halogens is 4. The first-order valence-electron chi connectivity index (χ1n) is 5.88. The maximum Gasteiger partial charge on any atom is 0.155 e. The minimum absolute atomic E-state index is 0.348. The Morgan fingerprint density at radius 2 is 1.55 bits per heavy atom. The maximum atomic E-state index is 5.79. The molecule has 120 valence electrons. The number of pyridine rings is 2. The van der Waals surface area contributed by atoms with Gasteiger partial charge in [0.2, 0.25) is 0 Å². The van der Waals surface area contributed by atoms with Gasteiger partial charge in [0.15, 0.2) is 11.0 Å². The smallest absolute Gasteiger partial charge is 0.155 e. The van der Waals surface area contributed by atoms with Crippen LogP contribution in [0.1, 0.15) is 0 Å². The molecule has 0 fully saturated rings. The highest BCUT2D eigenvalue weighted by Gasteiger charge is 2.05. The van der Waals surface area contributed by atoms with Crippen LogP contribution in [0.4, 0.5) is 22.9 Å². The number of hydrogen-bond donors (Lipinski definition) is 4. The summed E-state index contributed by atoms with van der Waals surface area (Å²) < 4.78 is 1.65. The molecule has 0 aliphatic rings. The summed E-state index contributed by atoms with van der Waals surface area (Å²) in [6.07, 6.45) is 0. The van der Waals surface area contributed by atoms with Crippen molar-refractivity contribution in [2.75, 3.05) is 36.2 Å². The van der Waals surface area contributed by atoms with Gasteiger partial charge in [-0.1, -0.05) is 23.2 Å². The normalized spacial score (nSPS) is 9.73. The molecule has 6 nitrogen and oxygen atoms in total. The molecule has 0 bridgehead atoms. The number of nitrogen functional groups attached to an aromatic ring is 2. The molecule has 0 unspecified atom stereocenters. The van der Waals surface area contributed by atoms with Crippen molar-refractivity contribution in [3.63, 3.8) is 0 Å². The van der Waals surface area contributed by atoms with Crippen molar-refractivity contribution in [1.82, 2.24) is 9.97 Å². The van der Waals surface area contributed by atoms with Crippen LogP contribution in [-0.2, 0) is 0 Å². The molecule has 0 aliphatic heterocycles. The predicted molar refractivity (Wildman–Crippen MR) is 112 cm³/mol. The summed E-state index contributed by atoms with van der Waals surface area (Å²) in [5.41, 5.74) is 13.0. The summed E-state index contributed by atoms with van der Waals surface area (Å²) in [5.74, 6) is 0.627. The number of nitrogens with one attached hydrogen (secondary N) is 2. The molecule has 0 spiro atoms. The third-order valence-corrected chi connectivity index (χ3v) is 4.17. The van der Waals surface area contributed by atoms with Crippen molar-refractivity contribution in [2.24, 2.45) is 0 Å². The van der Waals surface area contributed by atoms with E-state index >= 15 is 0 Å². The van der Waals surface area contributed by atoms with Crippen molar-refractivity contribution >= 4 is 91.3 Å². The van der Waals surface area contributed by atoms with E-state index in [4.69, 9.17) is 34.7 Å². The second-order valence-corrected chi connectivity index (χ2v) is 6.86. The van der Waals surface area contributed by atoms with Gasteiger partial charge < -0.3 is 22.1 Å². The molecule has 0 aliphatic carbocycles. The van der Waals surface area contributed by atoms with Gasteiger partial charge >= 0.3 is 0 Å². The fourth-order valence-corrected chi connectivity index (χ4v) is 3.20. The van der Waals surface area contributed by atoms with E-state index < -0.39 is 0 Å². The largest absolute Gasteiger partial charge is 0.395 e. The lowest BCUT2D eigenvalue weighted by Gasteiger charge is -2.05. The molecular formula is C12H14Cl2I2N6. The number of aromatic nitrogens is 2. The Labute approximate surface area is 166 Å². The first-order chi connectivity index (χ1) is 10.3. The monoisotopic (exact) mass is 566 g/mol. The van der Waals surface area contributed by atoms with E-state index in [1.807, 2.05) is 6.07 Å². The Bertz CT molecular complexity index is 611. The fraction of sp³-hybridized carbons (Fsp3) is 0.167. The van der Waals surface area contributed by atoms with Crippen LogP contribution in [0.2, 0.25) is 10.2 Å². The zero-order chi connectivity index (χ0) is 16.9. The summed E-state index contributed by atoms with van der Waals surface area (Å²) in [4.78, 5) is 8.09. The highest BCUT2D eigenvalue weighted by Crippen LogP contribution is 2.27. The second-order valence-electron chi connectivity index (χ2n) is 3.89. The van der Waals surface area contributed by atoms with E-state index in [-0.39, 0.29) is 0 Å². The Balaban J connectivity index is 0.000000220. The topological polar surface area (TPSA) is 102 Å². The van der Waals surface area contributed by atoms with Crippen LogP contribution in [0.25, 0.3) is 0 Å². The summed E-state index contributed by atoms with van der Waals surface area (Å²) >= 11 is 15.7. The molecule has 0 amide bonds. The highest BCUT2D eigenvalue weighted by atomic mass is 127. The average Bonchev–Trinajstić information content (AvgIpc) is 2.47. The van der Waals surface area contributed by atoms with E-state index in [1.54, 1.807) is 20.2 Å². The van der Waals surface area contributed by atoms with Gasteiger partial charge in [-0.15, -0.1) is 0 Å². The third kappa shape index (κ3) is 5.32. The van der Waals surface area contributed by atoms with Crippen molar-refractivity contribution in [2.45, 2.75) is 0 Å². The zero-order valence-electron chi connectivity index (χ0n) is 11.7. The molecular weight excluding hydrogens is 553 g/mol. The van der Waals surface area contributed by atoms with E-state index in [9.17, 15) is 0 Å². The molecule has 2 aromatic rings. The summed E-state index contributed by atoms with van der Waals surface area (Å²) in [6, 6.07) is 3.56. The molecule has 0 radical (unpaired) electrons. The maximum absolute atomic E-state index is 5.79. The van der Waals surface area contributed by atoms with Crippen molar-refractivity contribution < 1.29 is 0 Å². The second kappa shape index (κ2) is 8.99. The molecule has 2 rings (SSSR count). The Kier molecular flexibility index (Phi) is 8.00. The molecule has 2 heterocycles. The van der Waals surface area contributed by atoms with Crippen LogP contribution in [0, 0.1) is 7.40 Å². The van der Waals surface area contributed by atoms with Crippen LogP contribution in [0.15, 0.2) is 12.1 Å². The van der Waals surface area contributed by atoms with Gasteiger partial charge in [0, 0.05) is 14.1 Å². The minimum Gasteiger partial charge on any atom is -0.395 e. The van der Waals surface area contributed by atoms with Crippen LogP contribution in [0.5, 0.6) is 0 Å². The van der Waals surface area contributed by atoms with Crippen molar-refractivity contribution in [1.29, 1.82) is 0 Å². The van der Waals surface area contributed by atoms with Gasteiger partial charge in [-0.05, 0) is 57.3 Å².